The molecule has 1 aromatic heterocycles. The van der Waals surface area contributed by atoms with Gasteiger partial charge in [-0.1, -0.05) is 24.6 Å². The predicted octanol–water partition coefficient (Wildman–Crippen LogP) is 2.10. The Morgan fingerprint density at radius 3 is 2.73 bits per heavy atom. The van der Waals surface area contributed by atoms with Gasteiger partial charge in [-0.05, 0) is 18.9 Å². The smallest absolute Gasteiger partial charge is 0.187 e. The molecule has 2 rings (SSSR count). The molecule has 15 heavy (non-hydrogen) atoms. The molecule has 82 valence electrons. The van der Waals surface area contributed by atoms with Crippen LogP contribution in [0.3, 0.4) is 0 Å². The fourth-order valence-electron chi connectivity index (χ4n) is 1.90. The zero-order valence-electron chi connectivity index (χ0n) is 8.85. The van der Waals surface area contributed by atoms with Crippen molar-refractivity contribution in [1.82, 2.24) is 15.3 Å². The molecule has 1 aliphatic rings. The molecule has 0 atom stereocenters. The van der Waals surface area contributed by atoms with Gasteiger partial charge in [-0.2, -0.15) is 0 Å². The highest BCUT2D eigenvalue weighted by atomic mass is 32.2. The molecular weight excluding hydrogens is 206 g/mol. The molecular formula is C11H17N3S. The highest BCUT2D eigenvalue weighted by Gasteiger charge is 2.13. The molecule has 1 saturated carbocycles. The number of aromatic nitrogens is 2. The van der Waals surface area contributed by atoms with E-state index >= 15 is 0 Å². The van der Waals surface area contributed by atoms with Crippen LogP contribution < -0.4 is 5.32 Å². The van der Waals surface area contributed by atoms with Crippen LogP contribution in [0.2, 0.25) is 0 Å². The Hall–Kier alpha value is -0.610. The topological polar surface area (TPSA) is 37.8 Å². The number of rotatable bonds is 5. The summed E-state index contributed by atoms with van der Waals surface area (Å²) in [5.74, 6) is 1.06. The molecule has 1 fully saturated rings. The van der Waals surface area contributed by atoms with Crippen LogP contribution in [0.15, 0.2) is 23.6 Å². The van der Waals surface area contributed by atoms with Crippen LogP contribution in [0.4, 0.5) is 0 Å². The Balaban J connectivity index is 1.59. The largest absolute Gasteiger partial charge is 0.313 e. The molecule has 1 aromatic rings. The van der Waals surface area contributed by atoms with Crippen molar-refractivity contribution < 1.29 is 0 Å². The summed E-state index contributed by atoms with van der Waals surface area (Å²) < 4.78 is 0. The second-order valence-electron chi connectivity index (χ2n) is 3.82. The standard InChI is InChI=1S/C11H17N3S/c1-2-5-10(4-1)12-8-9-15-11-13-6-3-7-14-11/h3,6-7,10,12H,1-2,4-5,8-9H2. The summed E-state index contributed by atoms with van der Waals surface area (Å²) in [6.07, 6.45) is 9.08. The van der Waals surface area contributed by atoms with E-state index in [4.69, 9.17) is 0 Å². The van der Waals surface area contributed by atoms with E-state index in [-0.39, 0.29) is 0 Å². The fourth-order valence-corrected chi connectivity index (χ4v) is 2.57. The van der Waals surface area contributed by atoms with Crippen molar-refractivity contribution >= 4 is 11.8 Å². The second-order valence-corrected chi connectivity index (χ2v) is 4.88. The monoisotopic (exact) mass is 223 g/mol. The Bertz CT molecular complexity index is 272. The van der Waals surface area contributed by atoms with Crippen LogP contribution in [0.25, 0.3) is 0 Å². The maximum Gasteiger partial charge on any atom is 0.187 e. The van der Waals surface area contributed by atoms with Crippen LogP contribution in [0.5, 0.6) is 0 Å². The predicted molar refractivity (Wildman–Crippen MR) is 63.0 cm³/mol. The van der Waals surface area contributed by atoms with E-state index < -0.39 is 0 Å². The lowest BCUT2D eigenvalue weighted by Gasteiger charge is -2.10. The second kappa shape index (κ2) is 6.08. The molecule has 0 unspecified atom stereocenters. The van der Waals surface area contributed by atoms with Gasteiger partial charge in [0.15, 0.2) is 5.16 Å². The van der Waals surface area contributed by atoms with Gasteiger partial charge < -0.3 is 5.32 Å². The van der Waals surface area contributed by atoms with Gasteiger partial charge in [0.25, 0.3) is 0 Å². The molecule has 0 aromatic carbocycles. The molecule has 1 N–H and O–H groups in total. The minimum absolute atomic E-state index is 0.766. The third kappa shape index (κ3) is 3.80. The SMILES string of the molecule is c1cnc(SCCNC2CCCC2)nc1. The lowest BCUT2D eigenvalue weighted by atomic mass is 10.2. The van der Waals surface area contributed by atoms with Crippen LogP contribution in [-0.4, -0.2) is 28.3 Å². The molecule has 0 aliphatic heterocycles. The summed E-state index contributed by atoms with van der Waals surface area (Å²) in [4.78, 5) is 8.34. The molecule has 0 spiro atoms. The van der Waals surface area contributed by atoms with Crippen LogP contribution >= 0.6 is 11.8 Å². The lowest BCUT2D eigenvalue weighted by Crippen LogP contribution is -2.28. The molecule has 1 heterocycles. The quantitative estimate of drug-likeness (QED) is 0.471. The molecule has 0 bridgehead atoms. The van der Waals surface area contributed by atoms with Gasteiger partial charge in [0.2, 0.25) is 0 Å². The van der Waals surface area contributed by atoms with E-state index in [0.717, 1.165) is 23.5 Å². The van der Waals surface area contributed by atoms with Gasteiger partial charge in [-0.3, -0.25) is 0 Å². The minimum Gasteiger partial charge on any atom is -0.313 e. The van der Waals surface area contributed by atoms with Crippen molar-refractivity contribution in [3.05, 3.63) is 18.5 Å². The maximum atomic E-state index is 4.17. The number of hydrogen-bond donors (Lipinski definition) is 1. The van der Waals surface area contributed by atoms with Crippen molar-refractivity contribution in [3.63, 3.8) is 0 Å². The number of nitrogens with zero attached hydrogens (tertiary/aromatic N) is 2. The Kier molecular flexibility index (Phi) is 4.41. The molecule has 0 saturated heterocycles. The first-order valence-corrected chi connectivity index (χ1v) is 6.57. The molecule has 0 amide bonds. The minimum atomic E-state index is 0.766. The summed E-state index contributed by atoms with van der Waals surface area (Å²) in [7, 11) is 0. The van der Waals surface area contributed by atoms with Crippen molar-refractivity contribution in [2.75, 3.05) is 12.3 Å². The first-order chi connectivity index (χ1) is 7.45. The normalized spacial score (nSPS) is 17.1. The van der Waals surface area contributed by atoms with Gasteiger partial charge in [-0.25, -0.2) is 9.97 Å². The van der Waals surface area contributed by atoms with E-state index in [0.29, 0.717) is 0 Å². The Morgan fingerprint density at radius 1 is 1.27 bits per heavy atom. The highest BCUT2D eigenvalue weighted by molar-refractivity contribution is 7.99. The van der Waals surface area contributed by atoms with Gasteiger partial charge in [-0.15, -0.1) is 0 Å². The van der Waals surface area contributed by atoms with Crippen molar-refractivity contribution in [2.24, 2.45) is 0 Å². The number of thioether (sulfide) groups is 1. The summed E-state index contributed by atoms with van der Waals surface area (Å²) >= 11 is 1.72. The summed E-state index contributed by atoms with van der Waals surface area (Å²) in [5.41, 5.74) is 0. The van der Waals surface area contributed by atoms with E-state index in [2.05, 4.69) is 15.3 Å². The molecule has 4 heteroatoms. The van der Waals surface area contributed by atoms with Crippen molar-refractivity contribution in [2.45, 2.75) is 36.9 Å². The van der Waals surface area contributed by atoms with Crippen LogP contribution in [0, 0.1) is 0 Å². The molecule has 3 nitrogen and oxygen atoms in total. The average Bonchev–Trinajstić information content (AvgIpc) is 2.79. The summed E-state index contributed by atoms with van der Waals surface area (Å²) in [6, 6.07) is 2.61. The fraction of sp³-hybridized carbons (Fsp3) is 0.636. The van der Waals surface area contributed by atoms with Gasteiger partial charge >= 0.3 is 0 Å². The molecule has 0 radical (unpaired) electrons. The third-order valence-electron chi connectivity index (χ3n) is 2.66. The van der Waals surface area contributed by atoms with Gasteiger partial charge in [0, 0.05) is 30.7 Å². The highest BCUT2D eigenvalue weighted by Crippen LogP contribution is 2.17. The van der Waals surface area contributed by atoms with Crippen molar-refractivity contribution in [1.29, 1.82) is 0 Å². The first kappa shape index (κ1) is 10.9. The summed E-state index contributed by atoms with van der Waals surface area (Å²) in [6.45, 7) is 1.06. The van der Waals surface area contributed by atoms with E-state index in [9.17, 15) is 0 Å². The zero-order chi connectivity index (χ0) is 10.3. The number of hydrogen-bond acceptors (Lipinski definition) is 4. The maximum absolute atomic E-state index is 4.17. The Morgan fingerprint density at radius 2 is 2.00 bits per heavy atom. The Labute approximate surface area is 95.1 Å². The van der Waals surface area contributed by atoms with Crippen LogP contribution in [0.1, 0.15) is 25.7 Å². The molecule has 1 aliphatic carbocycles. The summed E-state index contributed by atoms with van der Waals surface area (Å²) in [5, 5.41) is 4.46. The van der Waals surface area contributed by atoms with Gasteiger partial charge in [0.1, 0.15) is 0 Å². The van der Waals surface area contributed by atoms with E-state index in [1.165, 1.54) is 25.7 Å². The lowest BCUT2D eigenvalue weighted by molar-refractivity contribution is 0.545. The van der Waals surface area contributed by atoms with E-state index in [1.54, 1.807) is 24.2 Å². The third-order valence-corrected chi connectivity index (χ3v) is 3.54. The van der Waals surface area contributed by atoms with E-state index in [1.807, 2.05) is 6.07 Å². The zero-order valence-corrected chi connectivity index (χ0v) is 9.67. The average molecular weight is 223 g/mol. The van der Waals surface area contributed by atoms with Crippen molar-refractivity contribution in [3.8, 4) is 0 Å². The van der Waals surface area contributed by atoms with Crippen LogP contribution in [-0.2, 0) is 0 Å². The first-order valence-electron chi connectivity index (χ1n) is 5.58. The number of nitrogens with one attached hydrogen (secondary N) is 1. The van der Waals surface area contributed by atoms with Gasteiger partial charge in [0.05, 0.1) is 0 Å².